The molecule has 1 rings (SSSR count). The lowest BCUT2D eigenvalue weighted by atomic mass is 10.1. The van der Waals surface area contributed by atoms with Gasteiger partial charge in [-0.1, -0.05) is 39.7 Å². The van der Waals surface area contributed by atoms with Crippen LogP contribution in [0.5, 0.6) is 0 Å². The molecule has 0 heterocycles. The Morgan fingerprint density at radius 2 is 2.07 bits per heavy atom. The molecular formula is C11H13BrClNO. The normalized spacial score (nSPS) is 12.2. The Hall–Kier alpha value is -0.540. The van der Waals surface area contributed by atoms with Crippen LogP contribution in [0.4, 0.5) is 0 Å². The molecule has 82 valence electrons. The van der Waals surface area contributed by atoms with Crippen LogP contribution in [-0.4, -0.2) is 17.3 Å². The lowest BCUT2D eigenvalue weighted by molar-refractivity contribution is -0.120. The van der Waals surface area contributed by atoms with E-state index in [9.17, 15) is 4.79 Å². The first kappa shape index (κ1) is 12.5. The fourth-order valence-corrected chi connectivity index (χ4v) is 1.41. The summed E-state index contributed by atoms with van der Waals surface area (Å²) in [7, 11) is 0. The minimum atomic E-state index is -0.136. The number of alkyl halides is 1. The van der Waals surface area contributed by atoms with Crippen LogP contribution < -0.4 is 5.32 Å². The van der Waals surface area contributed by atoms with Crippen molar-refractivity contribution in [2.45, 2.75) is 18.2 Å². The number of hydrogen-bond acceptors (Lipinski definition) is 1. The molecule has 0 saturated carbocycles. The second kappa shape index (κ2) is 6.13. The second-order valence-corrected chi connectivity index (χ2v) is 5.09. The highest BCUT2D eigenvalue weighted by atomic mass is 79.9. The van der Waals surface area contributed by atoms with Crippen LogP contribution in [0.25, 0.3) is 0 Å². The lowest BCUT2D eigenvalue weighted by Crippen LogP contribution is -2.30. The van der Waals surface area contributed by atoms with Crippen molar-refractivity contribution in [1.82, 2.24) is 5.32 Å². The monoisotopic (exact) mass is 289 g/mol. The minimum absolute atomic E-state index is 0.0176. The summed E-state index contributed by atoms with van der Waals surface area (Å²) in [5.41, 5.74) is 1.17. The number of nitrogens with one attached hydrogen (secondary N) is 1. The van der Waals surface area contributed by atoms with Crippen molar-refractivity contribution in [2.75, 3.05) is 6.54 Å². The van der Waals surface area contributed by atoms with E-state index >= 15 is 0 Å². The number of carbonyl (C=O) groups is 1. The van der Waals surface area contributed by atoms with Crippen LogP contribution in [0.3, 0.4) is 0 Å². The molecule has 15 heavy (non-hydrogen) atoms. The van der Waals surface area contributed by atoms with E-state index < -0.39 is 0 Å². The van der Waals surface area contributed by atoms with E-state index in [0.717, 1.165) is 11.4 Å². The zero-order valence-corrected chi connectivity index (χ0v) is 10.8. The molecule has 0 spiro atoms. The molecule has 1 N–H and O–H groups in total. The highest BCUT2D eigenvalue weighted by Crippen LogP contribution is 2.09. The third-order valence-corrected chi connectivity index (χ3v) is 2.66. The van der Waals surface area contributed by atoms with E-state index in [2.05, 4.69) is 21.2 Å². The van der Waals surface area contributed by atoms with Crippen molar-refractivity contribution in [3.05, 3.63) is 34.9 Å². The van der Waals surface area contributed by atoms with Crippen LogP contribution in [0.1, 0.15) is 12.5 Å². The first-order chi connectivity index (χ1) is 7.09. The van der Waals surface area contributed by atoms with Gasteiger partial charge in [-0.2, -0.15) is 0 Å². The van der Waals surface area contributed by atoms with E-state index in [1.807, 2.05) is 24.3 Å². The standard InChI is InChI=1S/C11H13BrClNO/c1-8(12)11(15)14-7-6-9-2-4-10(13)5-3-9/h2-5,8H,6-7H2,1H3,(H,14,15). The fraction of sp³-hybridized carbons (Fsp3) is 0.364. The van der Waals surface area contributed by atoms with Gasteiger partial charge in [-0.25, -0.2) is 0 Å². The largest absolute Gasteiger partial charge is 0.355 e. The van der Waals surface area contributed by atoms with Crippen LogP contribution >= 0.6 is 27.5 Å². The van der Waals surface area contributed by atoms with Crippen LogP contribution in [0.15, 0.2) is 24.3 Å². The maximum absolute atomic E-state index is 11.2. The number of hydrogen-bond donors (Lipinski definition) is 1. The Morgan fingerprint density at radius 3 is 2.60 bits per heavy atom. The van der Waals surface area contributed by atoms with Gasteiger partial charge < -0.3 is 5.32 Å². The number of carbonyl (C=O) groups excluding carboxylic acids is 1. The molecule has 0 bridgehead atoms. The van der Waals surface area contributed by atoms with Gasteiger partial charge in [-0.15, -0.1) is 0 Å². The number of rotatable bonds is 4. The zero-order chi connectivity index (χ0) is 11.3. The van der Waals surface area contributed by atoms with E-state index in [4.69, 9.17) is 11.6 Å². The summed E-state index contributed by atoms with van der Waals surface area (Å²) in [5.74, 6) is 0.0176. The average molecular weight is 291 g/mol. The highest BCUT2D eigenvalue weighted by molar-refractivity contribution is 9.10. The third kappa shape index (κ3) is 4.67. The summed E-state index contributed by atoms with van der Waals surface area (Å²) in [5, 5.41) is 3.56. The van der Waals surface area contributed by atoms with E-state index in [1.165, 1.54) is 5.56 Å². The van der Waals surface area contributed by atoms with Crippen molar-refractivity contribution in [1.29, 1.82) is 0 Å². The SMILES string of the molecule is CC(Br)C(=O)NCCc1ccc(Cl)cc1. The highest BCUT2D eigenvalue weighted by Gasteiger charge is 2.06. The fourth-order valence-electron chi connectivity index (χ4n) is 1.12. The van der Waals surface area contributed by atoms with E-state index in [0.29, 0.717) is 6.54 Å². The van der Waals surface area contributed by atoms with Gasteiger partial charge in [0.1, 0.15) is 0 Å². The molecule has 0 radical (unpaired) electrons. The molecule has 1 unspecified atom stereocenters. The molecule has 0 aromatic heterocycles. The predicted octanol–water partition coefficient (Wildman–Crippen LogP) is 2.78. The third-order valence-electron chi connectivity index (χ3n) is 1.99. The molecule has 0 fully saturated rings. The first-order valence-electron chi connectivity index (χ1n) is 4.76. The number of halogens is 2. The predicted molar refractivity (Wildman–Crippen MR) is 66.6 cm³/mol. The summed E-state index contributed by atoms with van der Waals surface area (Å²) in [6.45, 7) is 2.45. The molecule has 1 aromatic carbocycles. The molecule has 4 heteroatoms. The molecule has 2 nitrogen and oxygen atoms in total. The van der Waals surface area contributed by atoms with Gasteiger partial charge in [-0.3, -0.25) is 4.79 Å². The van der Waals surface area contributed by atoms with E-state index in [-0.39, 0.29) is 10.7 Å². The van der Waals surface area contributed by atoms with Gasteiger partial charge in [-0.05, 0) is 31.0 Å². The topological polar surface area (TPSA) is 29.1 Å². The minimum Gasteiger partial charge on any atom is -0.355 e. The van der Waals surface area contributed by atoms with Crippen molar-refractivity contribution < 1.29 is 4.79 Å². The Labute approximate surface area is 103 Å². The molecule has 1 amide bonds. The Bertz CT molecular complexity index is 324. The first-order valence-corrected chi connectivity index (χ1v) is 6.05. The molecule has 1 aromatic rings. The van der Waals surface area contributed by atoms with Crippen molar-refractivity contribution in [2.24, 2.45) is 0 Å². The van der Waals surface area contributed by atoms with Gasteiger partial charge in [0.25, 0.3) is 0 Å². The van der Waals surface area contributed by atoms with Crippen LogP contribution in [0.2, 0.25) is 5.02 Å². The van der Waals surface area contributed by atoms with Gasteiger partial charge in [0.05, 0.1) is 4.83 Å². The average Bonchev–Trinajstić information content (AvgIpc) is 2.20. The summed E-state index contributed by atoms with van der Waals surface area (Å²) < 4.78 is 0. The summed E-state index contributed by atoms with van der Waals surface area (Å²) >= 11 is 8.97. The summed E-state index contributed by atoms with van der Waals surface area (Å²) in [6.07, 6.45) is 0.822. The zero-order valence-electron chi connectivity index (χ0n) is 8.47. The summed E-state index contributed by atoms with van der Waals surface area (Å²) in [4.78, 5) is 11.1. The molecular weight excluding hydrogens is 277 g/mol. The van der Waals surface area contributed by atoms with Gasteiger partial charge in [0.15, 0.2) is 0 Å². The second-order valence-electron chi connectivity index (χ2n) is 3.28. The van der Waals surface area contributed by atoms with Crippen LogP contribution in [-0.2, 0) is 11.2 Å². The molecule has 1 atom stereocenters. The van der Waals surface area contributed by atoms with Crippen molar-refractivity contribution in [3.63, 3.8) is 0 Å². The number of benzene rings is 1. The Balaban J connectivity index is 2.32. The molecule has 0 aliphatic rings. The molecule has 0 saturated heterocycles. The van der Waals surface area contributed by atoms with Gasteiger partial charge in [0.2, 0.25) is 5.91 Å². The summed E-state index contributed by atoms with van der Waals surface area (Å²) in [6, 6.07) is 7.63. The van der Waals surface area contributed by atoms with Crippen molar-refractivity contribution in [3.8, 4) is 0 Å². The lowest BCUT2D eigenvalue weighted by Gasteiger charge is -2.06. The van der Waals surface area contributed by atoms with Crippen molar-refractivity contribution >= 4 is 33.4 Å². The van der Waals surface area contributed by atoms with E-state index in [1.54, 1.807) is 6.92 Å². The smallest absolute Gasteiger partial charge is 0.233 e. The number of amides is 1. The van der Waals surface area contributed by atoms with Crippen LogP contribution in [0, 0.1) is 0 Å². The Morgan fingerprint density at radius 1 is 1.47 bits per heavy atom. The quantitative estimate of drug-likeness (QED) is 0.849. The Kier molecular flexibility index (Phi) is 5.12. The van der Waals surface area contributed by atoms with Gasteiger partial charge in [0, 0.05) is 11.6 Å². The maximum Gasteiger partial charge on any atom is 0.233 e. The van der Waals surface area contributed by atoms with Gasteiger partial charge >= 0.3 is 0 Å². The maximum atomic E-state index is 11.2. The molecule has 0 aliphatic heterocycles. The molecule has 0 aliphatic carbocycles.